The van der Waals surface area contributed by atoms with Crippen LogP contribution in [-0.4, -0.2) is 48.2 Å². The fraction of sp³-hybridized carbons (Fsp3) is 0.667. The highest BCUT2D eigenvalue weighted by Crippen LogP contribution is 2.07. The molecule has 1 fully saturated rings. The average molecular weight is 252 g/mol. The predicted octanol–water partition coefficient (Wildman–Crippen LogP) is 0.605. The number of anilines is 1. The fourth-order valence-corrected chi connectivity index (χ4v) is 2.11. The second kappa shape index (κ2) is 5.97. The molecule has 0 spiro atoms. The molecule has 6 nitrogen and oxygen atoms in total. The number of hydrogen-bond donors (Lipinski definition) is 2. The van der Waals surface area contributed by atoms with Crippen LogP contribution in [0.2, 0.25) is 0 Å². The van der Waals surface area contributed by atoms with Crippen molar-refractivity contribution in [2.75, 3.05) is 31.5 Å². The van der Waals surface area contributed by atoms with Crippen LogP contribution in [0.25, 0.3) is 0 Å². The van der Waals surface area contributed by atoms with E-state index in [1.54, 1.807) is 13.0 Å². The summed E-state index contributed by atoms with van der Waals surface area (Å²) in [6.07, 6.45) is 0.485. The molecule has 100 valence electrons. The second-order valence-electron chi connectivity index (χ2n) is 4.78. The van der Waals surface area contributed by atoms with Crippen LogP contribution in [0, 0.1) is 6.92 Å². The van der Waals surface area contributed by atoms with Gasteiger partial charge in [-0.2, -0.15) is 0 Å². The molecule has 6 heteroatoms. The third kappa shape index (κ3) is 3.82. The number of aromatic nitrogens is 1. The number of amides is 1. The van der Waals surface area contributed by atoms with E-state index in [4.69, 9.17) is 4.52 Å². The van der Waals surface area contributed by atoms with Crippen molar-refractivity contribution in [1.29, 1.82) is 0 Å². The van der Waals surface area contributed by atoms with E-state index < -0.39 is 0 Å². The molecule has 0 radical (unpaired) electrons. The molecular formula is C12H20N4O2. The van der Waals surface area contributed by atoms with E-state index in [1.807, 2.05) is 0 Å². The van der Waals surface area contributed by atoms with Gasteiger partial charge in [0.05, 0.1) is 0 Å². The van der Waals surface area contributed by atoms with Crippen LogP contribution in [0.4, 0.5) is 5.82 Å². The van der Waals surface area contributed by atoms with Crippen molar-refractivity contribution in [2.24, 2.45) is 0 Å². The van der Waals surface area contributed by atoms with Crippen molar-refractivity contribution in [1.82, 2.24) is 15.4 Å². The maximum Gasteiger partial charge on any atom is 0.226 e. The highest BCUT2D eigenvalue weighted by molar-refractivity contribution is 5.89. The van der Waals surface area contributed by atoms with Crippen molar-refractivity contribution >= 4 is 11.7 Å². The van der Waals surface area contributed by atoms with Gasteiger partial charge in [-0.1, -0.05) is 5.16 Å². The number of rotatable bonds is 4. The zero-order valence-electron chi connectivity index (χ0n) is 10.9. The molecule has 1 unspecified atom stereocenters. The van der Waals surface area contributed by atoms with Gasteiger partial charge in [-0.15, -0.1) is 0 Å². The summed E-state index contributed by atoms with van der Waals surface area (Å²) in [5.41, 5.74) is 0. The van der Waals surface area contributed by atoms with Crippen molar-refractivity contribution in [3.05, 3.63) is 11.8 Å². The molecule has 18 heavy (non-hydrogen) atoms. The minimum Gasteiger partial charge on any atom is -0.360 e. The zero-order chi connectivity index (χ0) is 13.0. The van der Waals surface area contributed by atoms with Crippen LogP contribution >= 0.6 is 0 Å². The molecule has 1 atom stereocenters. The molecule has 0 aromatic carbocycles. The van der Waals surface area contributed by atoms with E-state index in [9.17, 15) is 4.79 Å². The van der Waals surface area contributed by atoms with Crippen LogP contribution in [0.1, 0.15) is 19.1 Å². The Morgan fingerprint density at radius 1 is 1.72 bits per heavy atom. The van der Waals surface area contributed by atoms with Gasteiger partial charge >= 0.3 is 0 Å². The Kier molecular flexibility index (Phi) is 4.33. The minimum atomic E-state index is -0.0190. The average Bonchev–Trinajstić information content (AvgIpc) is 2.72. The number of carbonyl (C=O) groups is 1. The van der Waals surface area contributed by atoms with E-state index in [0.717, 1.165) is 26.2 Å². The first kappa shape index (κ1) is 13.0. The lowest BCUT2D eigenvalue weighted by molar-refractivity contribution is -0.116. The summed E-state index contributed by atoms with van der Waals surface area (Å²) in [6, 6.07) is 2.21. The monoisotopic (exact) mass is 252 g/mol. The molecule has 2 rings (SSSR count). The lowest BCUT2D eigenvalue weighted by atomic mass is 10.2. The number of hydrogen-bond acceptors (Lipinski definition) is 5. The highest BCUT2D eigenvalue weighted by atomic mass is 16.5. The van der Waals surface area contributed by atoms with E-state index in [0.29, 0.717) is 24.0 Å². The predicted molar refractivity (Wildman–Crippen MR) is 68.4 cm³/mol. The summed E-state index contributed by atoms with van der Waals surface area (Å²) < 4.78 is 4.89. The van der Waals surface area contributed by atoms with Gasteiger partial charge in [0, 0.05) is 44.7 Å². The van der Waals surface area contributed by atoms with Gasteiger partial charge in [-0.3, -0.25) is 4.79 Å². The molecule has 0 aliphatic carbocycles. The number of nitrogens with one attached hydrogen (secondary N) is 2. The third-order valence-electron chi connectivity index (χ3n) is 3.00. The Morgan fingerprint density at radius 3 is 3.22 bits per heavy atom. The van der Waals surface area contributed by atoms with Gasteiger partial charge < -0.3 is 20.1 Å². The van der Waals surface area contributed by atoms with Crippen LogP contribution < -0.4 is 10.6 Å². The first-order chi connectivity index (χ1) is 8.63. The Hall–Kier alpha value is -1.40. The zero-order valence-corrected chi connectivity index (χ0v) is 10.9. The molecule has 1 aliphatic heterocycles. The van der Waals surface area contributed by atoms with E-state index in [2.05, 4.69) is 27.6 Å². The summed E-state index contributed by atoms with van der Waals surface area (Å²) in [4.78, 5) is 14.0. The van der Waals surface area contributed by atoms with Gasteiger partial charge in [0.2, 0.25) is 5.91 Å². The summed E-state index contributed by atoms with van der Waals surface area (Å²) in [7, 11) is 0. The minimum absolute atomic E-state index is 0.0190. The van der Waals surface area contributed by atoms with Crippen LogP contribution in [0.3, 0.4) is 0 Å². The van der Waals surface area contributed by atoms with Gasteiger partial charge in [0.15, 0.2) is 5.82 Å². The quantitative estimate of drug-likeness (QED) is 0.821. The summed E-state index contributed by atoms with van der Waals surface area (Å²) in [5.74, 6) is 1.17. The van der Waals surface area contributed by atoms with E-state index in [-0.39, 0.29) is 5.91 Å². The van der Waals surface area contributed by atoms with Crippen molar-refractivity contribution < 1.29 is 9.32 Å². The maximum absolute atomic E-state index is 11.7. The lowest BCUT2D eigenvalue weighted by Crippen LogP contribution is -2.49. The largest absolute Gasteiger partial charge is 0.360 e. The van der Waals surface area contributed by atoms with Crippen molar-refractivity contribution in [2.45, 2.75) is 26.3 Å². The van der Waals surface area contributed by atoms with Gasteiger partial charge in [-0.25, -0.2) is 0 Å². The smallest absolute Gasteiger partial charge is 0.226 e. The number of aryl methyl sites for hydroxylation is 1. The summed E-state index contributed by atoms with van der Waals surface area (Å²) >= 11 is 0. The van der Waals surface area contributed by atoms with E-state index in [1.165, 1.54) is 0 Å². The highest BCUT2D eigenvalue weighted by Gasteiger charge is 2.16. The molecule has 2 heterocycles. The molecule has 0 bridgehead atoms. The molecule has 1 aromatic rings. The number of carbonyl (C=O) groups excluding carboxylic acids is 1. The summed E-state index contributed by atoms with van der Waals surface area (Å²) in [6.45, 7) is 7.73. The van der Waals surface area contributed by atoms with Gasteiger partial charge in [0.1, 0.15) is 5.76 Å². The third-order valence-corrected chi connectivity index (χ3v) is 3.00. The van der Waals surface area contributed by atoms with Crippen LogP contribution in [0.15, 0.2) is 10.6 Å². The van der Waals surface area contributed by atoms with Gasteiger partial charge in [0.25, 0.3) is 0 Å². The Labute approximate surface area is 107 Å². The normalized spacial score (nSPS) is 20.9. The maximum atomic E-state index is 11.7. The first-order valence-electron chi connectivity index (χ1n) is 6.32. The molecule has 2 N–H and O–H groups in total. The Morgan fingerprint density at radius 2 is 2.56 bits per heavy atom. The van der Waals surface area contributed by atoms with Crippen molar-refractivity contribution in [3.63, 3.8) is 0 Å². The number of piperazine rings is 1. The molecular weight excluding hydrogens is 232 g/mol. The molecule has 1 saturated heterocycles. The summed E-state index contributed by atoms with van der Waals surface area (Å²) in [5, 5.41) is 9.84. The Bertz CT molecular complexity index is 405. The molecule has 1 aromatic heterocycles. The first-order valence-corrected chi connectivity index (χ1v) is 6.32. The van der Waals surface area contributed by atoms with Crippen molar-refractivity contribution in [3.8, 4) is 0 Å². The van der Waals surface area contributed by atoms with Crippen LogP contribution in [0.5, 0.6) is 0 Å². The number of nitrogens with zero attached hydrogens (tertiary/aromatic N) is 2. The van der Waals surface area contributed by atoms with Crippen LogP contribution in [-0.2, 0) is 4.79 Å². The lowest BCUT2D eigenvalue weighted by Gasteiger charge is -2.31. The molecule has 1 amide bonds. The van der Waals surface area contributed by atoms with Gasteiger partial charge in [-0.05, 0) is 13.8 Å². The SMILES string of the molecule is Cc1cc(NC(=O)CCN2CCNC(C)C2)no1. The Balaban J connectivity index is 1.71. The van der Waals surface area contributed by atoms with E-state index >= 15 is 0 Å². The molecule has 1 aliphatic rings. The fourth-order valence-electron chi connectivity index (χ4n) is 2.11. The standard InChI is InChI=1S/C12H20N4O2/c1-9-8-16(6-4-13-9)5-3-12(17)14-11-7-10(2)18-15-11/h7,9,13H,3-6,8H2,1-2H3,(H,14,15,17). The second-order valence-corrected chi connectivity index (χ2v) is 4.78. The topological polar surface area (TPSA) is 70.4 Å². The molecule has 0 saturated carbocycles.